The Kier molecular flexibility index (Phi) is 2.30. The highest BCUT2D eigenvalue weighted by Crippen LogP contribution is 2.54. The van der Waals surface area contributed by atoms with E-state index in [4.69, 9.17) is 5.73 Å². The van der Waals surface area contributed by atoms with Crippen LogP contribution >= 0.6 is 0 Å². The molecule has 0 aromatic heterocycles. The molecule has 1 saturated carbocycles. The Bertz CT molecular complexity index is 389. The normalized spacial score (nSPS) is 29.6. The van der Waals surface area contributed by atoms with E-state index in [-0.39, 0.29) is 0 Å². The second kappa shape index (κ2) is 3.27. The van der Waals surface area contributed by atoms with Crippen molar-refractivity contribution in [3.05, 3.63) is 35.4 Å². The van der Waals surface area contributed by atoms with E-state index in [2.05, 4.69) is 13.8 Å². The maximum absolute atomic E-state index is 13.5. The zero-order chi connectivity index (χ0) is 11.2. The summed E-state index contributed by atoms with van der Waals surface area (Å²) in [5.74, 6) is -0.348. The molecule has 0 aliphatic heterocycles. The van der Waals surface area contributed by atoms with Gasteiger partial charge in [-0.2, -0.15) is 0 Å². The molecule has 1 aromatic rings. The molecule has 3 heteroatoms. The van der Waals surface area contributed by atoms with Crippen molar-refractivity contribution in [2.75, 3.05) is 0 Å². The van der Waals surface area contributed by atoms with Crippen LogP contribution in [0.25, 0.3) is 0 Å². The maximum atomic E-state index is 13.5. The summed E-state index contributed by atoms with van der Waals surface area (Å²) in [6.07, 6.45) is 0.785. The van der Waals surface area contributed by atoms with E-state index in [1.165, 1.54) is 12.1 Å². The second-order valence-electron chi connectivity index (χ2n) is 4.72. The molecule has 0 radical (unpaired) electrons. The molecule has 1 aliphatic carbocycles. The third kappa shape index (κ3) is 1.65. The Morgan fingerprint density at radius 2 is 2.07 bits per heavy atom. The Morgan fingerprint density at radius 3 is 2.53 bits per heavy atom. The summed E-state index contributed by atoms with van der Waals surface area (Å²) in [5, 5.41) is 0. The van der Waals surface area contributed by atoms with Gasteiger partial charge in [0.1, 0.15) is 11.6 Å². The highest BCUT2D eigenvalue weighted by Gasteiger charge is 2.54. The van der Waals surface area contributed by atoms with Crippen molar-refractivity contribution in [3.63, 3.8) is 0 Å². The average molecular weight is 211 g/mol. The van der Waals surface area contributed by atoms with Crippen molar-refractivity contribution in [1.29, 1.82) is 0 Å². The summed E-state index contributed by atoms with van der Waals surface area (Å²) in [4.78, 5) is 0. The fourth-order valence-electron chi connectivity index (χ4n) is 2.31. The molecule has 82 valence electrons. The van der Waals surface area contributed by atoms with Gasteiger partial charge in [0.05, 0.1) is 0 Å². The number of hydrogen-bond donors (Lipinski definition) is 1. The van der Waals surface area contributed by atoms with Crippen LogP contribution in [0.5, 0.6) is 0 Å². The molecule has 2 atom stereocenters. The summed E-state index contributed by atoms with van der Waals surface area (Å²) in [7, 11) is 0. The van der Waals surface area contributed by atoms with E-state index in [0.29, 0.717) is 17.4 Å². The Labute approximate surface area is 88.3 Å². The van der Waals surface area contributed by atoms with Gasteiger partial charge in [-0.05, 0) is 24.3 Å². The van der Waals surface area contributed by atoms with Gasteiger partial charge in [0, 0.05) is 17.2 Å². The summed E-state index contributed by atoms with van der Waals surface area (Å²) in [6, 6.07) is 3.63. The highest BCUT2D eigenvalue weighted by molar-refractivity contribution is 5.33. The van der Waals surface area contributed by atoms with Crippen LogP contribution in [-0.4, -0.2) is 0 Å². The van der Waals surface area contributed by atoms with Crippen molar-refractivity contribution in [2.24, 2.45) is 17.6 Å². The van der Waals surface area contributed by atoms with Crippen LogP contribution < -0.4 is 5.73 Å². The highest BCUT2D eigenvalue weighted by atomic mass is 19.1. The summed E-state index contributed by atoms with van der Waals surface area (Å²) in [5.41, 5.74) is 5.97. The van der Waals surface area contributed by atoms with E-state index in [9.17, 15) is 8.78 Å². The zero-order valence-corrected chi connectivity index (χ0v) is 8.93. The zero-order valence-electron chi connectivity index (χ0n) is 8.93. The van der Waals surface area contributed by atoms with E-state index >= 15 is 0 Å². The van der Waals surface area contributed by atoms with Crippen LogP contribution in [0.15, 0.2) is 18.2 Å². The lowest BCUT2D eigenvalue weighted by atomic mass is 9.97. The summed E-state index contributed by atoms with van der Waals surface area (Å²) < 4.78 is 26.2. The van der Waals surface area contributed by atoms with Crippen molar-refractivity contribution >= 4 is 0 Å². The Balaban J connectivity index is 2.32. The van der Waals surface area contributed by atoms with E-state index in [1.807, 2.05) is 0 Å². The standard InChI is InChI=1S/C12H15F2N/c1-7(2)10-6-12(10,15)9-4-3-8(13)5-11(9)14/h3-5,7,10H,6,15H2,1-2H3. The molecular formula is C12H15F2N. The monoisotopic (exact) mass is 211 g/mol. The SMILES string of the molecule is CC(C)C1CC1(N)c1ccc(F)cc1F. The molecule has 15 heavy (non-hydrogen) atoms. The van der Waals surface area contributed by atoms with Gasteiger partial charge in [-0.25, -0.2) is 8.78 Å². The molecule has 1 aromatic carbocycles. The van der Waals surface area contributed by atoms with Crippen molar-refractivity contribution in [2.45, 2.75) is 25.8 Å². The molecule has 0 spiro atoms. The van der Waals surface area contributed by atoms with Crippen molar-refractivity contribution < 1.29 is 8.78 Å². The number of rotatable bonds is 2. The molecule has 2 N–H and O–H groups in total. The molecule has 1 aliphatic rings. The van der Waals surface area contributed by atoms with Gasteiger partial charge in [0.15, 0.2) is 0 Å². The second-order valence-corrected chi connectivity index (χ2v) is 4.72. The minimum absolute atomic E-state index is 0.303. The quantitative estimate of drug-likeness (QED) is 0.799. The molecule has 1 nitrogen and oxygen atoms in total. The lowest BCUT2D eigenvalue weighted by Gasteiger charge is -2.14. The molecule has 0 amide bonds. The van der Waals surface area contributed by atoms with Crippen molar-refractivity contribution in [3.8, 4) is 0 Å². The van der Waals surface area contributed by atoms with Crippen LogP contribution in [-0.2, 0) is 5.54 Å². The lowest BCUT2D eigenvalue weighted by molar-refractivity contribution is 0.469. The number of benzene rings is 1. The minimum atomic E-state index is -0.577. The summed E-state index contributed by atoms with van der Waals surface area (Å²) >= 11 is 0. The molecule has 2 unspecified atom stereocenters. The van der Waals surface area contributed by atoms with Crippen LogP contribution in [0.2, 0.25) is 0 Å². The first-order chi connectivity index (χ1) is 6.95. The average Bonchev–Trinajstić information content (AvgIpc) is 2.78. The van der Waals surface area contributed by atoms with Gasteiger partial charge in [0.25, 0.3) is 0 Å². The molecular weight excluding hydrogens is 196 g/mol. The molecule has 0 bridgehead atoms. The first kappa shape index (κ1) is 10.6. The lowest BCUT2D eigenvalue weighted by Crippen LogP contribution is -2.25. The van der Waals surface area contributed by atoms with Crippen LogP contribution in [0, 0.1) is 23.5 Å². The fraction of sp³-hybridized carbons (Fsp3) is 0.500. The minimum Gasteiger partial charge on any atom is -0.321 e. The van der Waals surface area contributed by atoms with Crippen molar-refractivity contribution in [1.82, 2.24) is 0 Å². The third-order valence-corrected chi connectivity index (χ3v) is 3.30. The van der Waals surface area contributed by atoms with Gasteiger partial charge in [-0.15, -0.1) is 0 Å². The molecule has 0 heterocycles. The van der Waals surface area contributed by atoms with Gasteiger partial charge in [0.2, 0.25) is 0 Å². The first-order valence-electron chi connectivity index (χ1n) is 5.19. The van der Waals surface area contributed by atoms with E-state index < -0.39 is 17.2 Å². The van der Waals surface area contributed by atoms with Gasteiger partial charge >= 0.3 is 0 Å². The maximum Gasteiger partial charge on any atom is 0.131 e. The number of nitrogens with two attached hydrogens (primary N) is 1. The Morgan fingerprint density at radius 1 is 1.40 bits per heavy atom. The van der Waals surface area contributed by atoms with Crippen LogP contribution in [0.4, 0.5) is 8.78 Å². The first-order valence-corrected chi connectivity index (χ1v) is 5.19. The molecule has 2 rings (SSSR count). The van der Waals surface area contributed by atoms with E-state index in [1.54, 1.807) is 0 Å². The predicted molar refractivity (Wildman–Crippen MR) is 55.2 cm³/mol. The molecule has 0 saturated heterocycles. The fourth-order valence-corrected chi connectivity index (χ4v) is 2.31. The molecule has 1 fully saturated rings. The van der Waals surface area contributed by atoms with E-state index in [0.717, 1.165) is 12.5 Å². The van der Waals surface area contributed by atoms with Crippen LogP contribution in [0.1, 0.15) is 25.8 Å². The van der Waals surface area contributed by atoms with Gasteiger partial charge in [-0.1, -0.05) is 19.9 Å². The predicted octanol–water partition coefficient (Wildman–Crippen LogP) is 2.79. The number of halogens is 2. The largest absolute Gasteiger partial charge is 0.321 e. The smallest absolute Gasteiger partial charge is 0.131 e. The van der Waals surface area contributed by atoms with Gasteiger partial charge in [-0.3, -0.25) is 0 Å². The summed E-state index contributed by atoms with van der Waals surface area (Å²) in [6.45, 7) is 4.14. The third-order valence-electron chi connectivity index (χ3n) is 3.30. The van der Waals surface area contributed by atoms with Crippen LogP contribution in [0.3, 0.4) is 0 Å². The topological polar surface area (TPSA) is 26.0 Å². The number of hydrogen-bond acceptors (Lipinski definition) is 1. The van der Waals surface area contributed by atoms with Gasteiger partial charge < -0.3 is 5.73 Å². The Hall–Kier alpha value is -0.960.